The van der Waals surface area contributed by atoms with E-state index in [-0.39, 0.29) is 52.4 Å². The molecule has 8 atom stereocenters. The van der Waals surface area contributed by atoms with Gasteiger partial charge in [0.05, 0.1) is 19.1 Å². The third-order valence-corrected chi connectivity index (χ3v) is 10.2. The number of esters is 2. The largest absolute Gasteiger partial charge is 0.469 e. The molecule has 4 aliphatic carbocycles. The summed E-state index contributed by atoms with van der Waals surface area (Å²) >= 11 is 0. The molecule has 2 saturated heterocycles. The average molecular weight is 414 g/mol. The summed E-state index contributed by atoms with van der Waals surface area (Å²) in [5.74, 6) is -0.201. The molecule has 6 nitrogen and oxygen atoms in total. The van der Waals surface area contributed by atoms with E-state index in [1.165, 1.54) is 7.11 Å². The minimum absolute atomic E-state index is 0.0303. The van der Waals surface area contributed by atoms with E-state index < -0.39 is 11.2 Å². The van der Waals surface area contributed by atoms with Crippen LogP contribution in [0.3, 0.4) is 0 Å². The quantitative estimate of drug-likeness (QED) is 0.484. The van der Waals surface area contributed by atoms with Crippen molar-refractivity contribution in [3.63, 3.8) is 0 Å². The Bertz CT molecular complexity index is 907. The second-order valence-corrected chi connectivity index (χ2v) is 11.0. The van der Waals surface area contributed by atoms with E-state index >= 15 is 0 Å². The lowest BCUT2D eigenvalue weighted by Gasteiger charge is -2.58. The molecule has 2 aliphatic heterocycles. The summed E-state index contributed by atoms with van der Waals surface area (Å²) in [4.78, 5) is 37.4. The van der Waals surface area contributed by atoms with E-state index in [0.717, 1.165) is 37.7 Å². The zero-order valence-electron chi connectivity index (χ0n) is 18.0. The predicted molar refractivity (Wildman–Crippen MR) is 105 cm³/mol. The van der Waals surface area contributed by atoms with Crippen LogP contribution >= 0.6 is 0 Å². The lowest BCUT2D eigenvalue weighted by Crippen LogP contribution is -2.63. The summed E-state index contributed by atoms with van der Waals surface area (Å²) in [5.41, 5.74) is -0.175. The molecule has 2 spiro atoms. The predicted octanol–water partition coefficient (Wildman–Crippen LogP) is 3.12. The molecular formula is C24H30O6. The molecular weight excluding hydrogens is 384 g/mol. The average Bonchev–Trinajstić information content (AvgIpc) is 3.20. The molecule has 7 unspecified atom stereocenters. The van der Waals surface area contributed by atoms with Crippen molar-refractivity contribution in [2.75, 3.05) is 7.11 Å². The number of carbonyl (C=O) groups is 3. The van der Waals surface area contributed by atoms with Gasteiger partial charge in [0.1, 0.15) is 11.2 Å². The Morgan fingerprint density at radius 1 is 1.17 bits per heavy atom. The lowest BCUT2D eigenvalue weighted by molar-refractivity contribution is -0.172. The number of rotatable bonds is 1. The maximum absolute atomic E-state index is 13.0. The highest BCUT2D eigenvalue weighted by Gasteiger charge is 2.83. The van der Waals surface area contributed by atoms with Gasteiger partial charge < -0.3 is 14.2 Å². The van der Waals surface area contributed by atoms with Gasteiger partial charge in [-0.25, -0.2) is 0 Å². The van der Waals surface area contributed by atoms with Gasteiger partial charge in [0, 0.05) is 29.6 Å². The Morgan fingerprint density at radius 3 is 2.67 bits per heavy atom. The fourth-order valence-electron chi connectivity index (χ4n) is 8.69. The van der Waals surface area contributed by atoms with Crippen molar-refractivity contribution in [2.24, 2.45) is 28.6 Å². The van der Waals surface area contributed by atoms with Crippen LogP contribution in [0.15, 0.2) is 11.6 Å². The number of hydrogen-bond acceptors (Lipinski definition) is 6. The molecule has 0 aromatic heterocycles. The van der Waals surface area contributed by atoms with Crippen LogP contribution in [-0.4, -0.2) is 42.1 Å². The minimum atomic E-state index is -0.424. The maximum atomic E-state index is 13.0. The van der Waals surface area contributed by atoms with Crippen LogP contribution in [0.1, 0.15) is 65.2 Å². The first-order valence-corrected chi connectivity index (χ1v) is 11.4. The zero-order chi connectivity index (χ0) is 21.1. The standard InChI is InChI=1S/C24H30O6/c1-21-7-4-14(25)10-13(21)11-15(20(27)28-3)19-16-5-8-23(9-6-18(26)30-23)22(16,2)12-17-24(19,21)29-17/h10,15-17,19H,4-9,11-12H2,1-3H3/t15-,16?,17?,19?,21?,22?,23?,24?/m1/s1. The van der Waals surface area contributed by atoms with E-state index in [1.54, 1.807) is 6.08 Å². The number of ether oxygens (including phenoxy) is 3. The molecule has 0 bridgehead atoms. The summed E-state index contributed by atoms with van der Waals surface area (Å²) < 4.78 is 17.9. The van der Waals surface area contributed by atoms with Crippen molar-refractivity contribution in [3.8, 4) is 0 Å². The summed E-state index contributed by atoms with van der Waals surface area (Å²) in [7, 11) is 1.45. The number of epoxide rings is 1. The monoisotopic (exact) mass is 414 g/mol. The molecule has 6 rings (SSSR count). The summed E-state index contributed by atoms with van der Waals surface area (Å²) in [6.07, 6.45) is 7.61. The van der Waals surface area contributed by atoms with Gasteiger partial charge in [-0.3, -0.25) is 14.4 Å². The molecule has 2 heterocycles. The second kappa shape index (κ2) is 5.56. The molecule has 0 aromatic rings. The van der Waals surface area contributed by atoms with Crippen LogP contribution in [0, 0.1) is 28.6 Å². The molecule has 6 heteroatoms. The van der Waals surface area contributed by atoms with Crippen molar-refractivity contribution < 1.29 is 28.6 Å². The first-order chi connectivity index (χ1) is 14.2. The summed E-state index contributed by atoms with van der Waals surface area (Å²) in [5, 5.41) is 0. The molecule has 162 valence electrons. The van der Waals surface area contributed by atoms with Crippen LogP contribution in [0.5, 0.6) is 0 Å². The number of carbonyl (C=O) groups excluding carboxylic acids is 3. The van der Waals surface area contributed by atoms with Crippen molar-refractivity contribution in [1.82, 2.24) is 0 Å². The Labute approximate surface area is 176 Å². The fourth-order valence-corrected chi connectivity index (χ4v) is 8.69. The van der Waals surface area contributed by atoms with Crippen molar-refractivity contribution in [2.45, 2.75) is 82.5 Å². The normalized spacial score (nSPS) is 53.2. The Balaban J connectivity index is 1.49. The highest BCUT2D eigenvalue weighted by molar-refractivity contribution is 5.92. The van der Waals surface area contributed by atoms with Gasteiger partial charge in [-0.15, -0.1) is 0 Å². The number of hydrogen-bond donors (Lipinski definition) is 0. The van der Waals surface area contributed by atoms with Crippen molar-refractivity contribution in [1.29, 1.82) is 0 Å². The van der Waals surface area contributed by atoms with Crippen LogP contribution < -0.4 is 0 Å². The highest BCUT2D eigenvalue weighted by Crippen LogP contribution is 2.78. The molecule has 5 fully saturated rings. The van der Waals surface area contributed by atoms with Crippen molar-refractivity contribution in [3.05, 3.63) is 11.6 Å². The van der Waals surface area contributed by atoms with E-state index in [9.17, 15) is 14.4 Å². The topological polar surface area (TPSA) is 82.2 Å². The number of methoxy groups -OCH3 is 1. The van der Waals surface area contributed by atoms with Gasteiger partial charge in [-0.1, -0.05) is 19.4 Å². The van der Waals surface area contributed by atoms with Gasteiger partial charge in [0.25, 0.3) is 0 Å². The molecule has 6 aliphatic rings. The molecule has 3 saturated carbocycles. The van der Waals surface area contributed by atoms with Crippen LogP contribution in [0.2, 0.25) is 0 Å². The SMILES string of the molecule is COC(=O)[C@@H]1CC2=CC(=O)CCC2(C)C23OC2CC2(C)C(CCC24CCC(=O)O4)C13. The second-order valence-electron chi connectivity index (χ2n) is 11.0. The van der Waals surface area contributed by atoms with Gasteiger partial charge in [-0.2, -0.15) is 0 Å². The molecule has 0 N–H and O–H groups in total. The van der Waals surface area contributed by atoms with Gasteiger partial charge in [0.15, 0.2) is 5.78 Å². The first kappa shape index (κ1) is 19.0. The Hall–Kier alpha value is -1.69. The third kappa shape index (κ3) is 1.94. The van der Waals surface area contributed by atoms with E-state index in [2.05, 4.69) is 13.8 Å². The van der Waals surface area contributed by atoms with Crippen LogP contribution in [-0.2, 0) is 28.6 Å². The lowest BCUT2D eigenvalue weighted by atomic mass is 9.43. The van der Waals surface area contributed by atoms with E-state index in [1.807, 2.05) is 0 Å². The number of fused-ring (bicyclic) bond motifs is 4. The van der Waals surface area contributed by atoms with Gasteiger partial charge in [-0.05, 0) is 50.5 Å². The maximum Gasteiger partial charge on any atom is 0.309 e. The Kier molecular flexibility index (Phi) is 3.53. The molecule has 0 aromatic carbocycles. The third-order valence-electron chi connectivity index (χ3n) is 10.2. The smallest absolute Gasteiger partial charge is 0.309 e. The van der Waals surface area contributed by atoms with E-state index in [0.29, 0.717) is 19.3 Å². The molecule has 30 heavy (non-hydrogen) atoms. The first-order valence-electron chi connectivity index (χ1n) is 11.4. The number of ketones is 1. The van der Waals surface area contributed by atoms with Crippen molar-refractivity contribution >= 4 is 17.7 Å². The van der Waals surface area contributed by atoms with Gasteiger partial charge >= 0.3 is 11.9 Å². The zero-order valence-corrected chi connectivity index (χ0v) is 18.0. The molecule has 0 amide bonds. The minimum Gasteiger partial charge on any atom is -0.469 e. The Morgan fingerprint density at radius 2 is 1.97 bits per heavy atom. The van der Waals surface area contributed by atoms with E-state index in [4.69, 9.17) is 14.2 Å². The van der Waals surface area contributed by atoms with Gasteiger partial charge in [0.2, 0.25) is 0 Å². The summed E-state index contributed by atoms with van der Waals surface area (Å²) in [6.45, 7) is 4.51. The molecule has 0 radical (unpaired) electrons. The summed E-state index contributed by atoms with van der Waals surface area (Å²) in [6, 6.07) is 0. The van der Waals surface area contributed by atoms with Crippen LogP contribution in [0.25, 0.3) is 0 Å². The highest BCUT2D eigenvalue weighted by atomic mass is 16.6. The van der Waals surface area contributed by atoms with Crippen LogP contribution in [0.4, 0.5) is 0 Å². The fraction of sp³-hybridized carbons (Fsp3) is 0.792.